The van der Waals surface area contributed by atoms with Gasteiger partial charge in [0.25, 0.3) is 15.9 Å². The van der Waals surface area contributed by atoms with Crippen molar-refractivity contribution in [1.82, 2.24) is 0 Å². The number of rotatable bonds is 8. The van der Waals surface area contributed by atoms with E-state index >= 15 is 0 Å². The zero-order valence-corrected chi connectivity index (χ0v) is 20.4. The molecule has 0 atom stereocenters. The van der Waals surface area contributed by atoms with E-state index in [1.54, 1.807) is 18.2 Å². The largest absolute Gasteiger partial charge is 0.452 e. The Morgan fingerprint density at radius 3 is 2.35 bits per heavy atom. The standard InChI is InChI=1S/C26H28N2O5S/c1-17(2)23-13-6-9-19(4)25(23)27-24(29)16-33-26(30)20-10-7-12-22(15-20)34(31,32)28-21-11-5-8-18(3)14-21/h5-15,17,28H,16H2,1-4H3,(H,27,29). The number of hydrogen-bond donors (Lipinski definition) is 2. The van der Waals surface area contributed by atoms with Gasteiger partial charge in [-0.1, -0.05) is 50.2 Å². The maximum Gasteiger partial charge on any atom is 0.338 e. The Bertz CT molecular complexity index is 1320. The summed E-state index contributed by atoms with van der Waals surface area (Å²) in [6, 6.07) is 18.2. The third kappa shape index (κ3) is 6.23. The van der Waals surface area contributed by atoms with Crippen molar-refractivity contribution in [3.8, 4) is 0 Å². The first kappa shape index (κ1) is 25.0. The third-order valence-corrected chi connectivity index (χ3v) is 6.56. The Morgan fingerprint density at radius 1 is 0.941 bits per heavy atom. The third-order valence-electron chi connectivity index (χ3n) is 5.18. The highest BCUT2D eigenvalue weighted by molar-refractivity contribution is 7.92. The van der Waals surface area contributed by atoms with Gasteiger partial charge < -0.3 is 10.1 Å². The minimum absolute atomic E-state index is 0.0266. The topological polar surface area (TPSA) is 102 Å². The van der Waals surface area contributed by atoms with Crippen molar-refractivity contribution < 1.29 is 22.7 Å². The summed E-state index contributed by atoms with van der Waals surface area (Å²) in [6.45, 7) is 7.30. The Kier molecular flexibility index (Phi) is 7.73. The van der Waals surface area contributed by atoms with E-state index < -0.39 is 28.5 Å². The number of esters is 1. The molecule has 0 unspecified atom stereocenters. The van der Waals surface area contributed by atoms with Crippen LogP contribution in [-0.2, 0) is 19.6 Å². The number of sulfonamides is 1. The fourth-order valence-electron chi connectivity index (χ4n) is 3.45. The van der Waals surface area contributed by atoms with Crippen LogP contribution in [0.2, 0.25) is 0 Å². The smallest absolute Gasteiger partial charge is 0.338 e. The second kappa shape index (κ2) is 10.5. The number of anilines is 2. The molecule has 3 aromatic carbocycles. The van der Waals surface area contributed by atoms with E-state index in [2.05, 4.69) is 10.0 Å². The second-order valence-electron chi connectivity index (χ2n) is 8.32. The van der Waals surface area contributed by atoms with Crippen LogP contribution in [-0.4, -0.2) is 26.9 Å². The molecule has 0 heterocycles. The predicted molar refractivity (Wildman–Crippen MR) is 133 cm³/mol. The lowest BCUT2D eigenvalue weighted by molar-refractivity contribution is -0.119. The molecule has 3 aromatic rings. The number of nitrogens with one attached hydrogen (secondary N) is 2. The summed E-state index contributed by atoms with van der Waals surface area (Å²) in [5.41, 5.74) is 3.94. The van der Waals surface area contributed by atoms with Crippen LogP contribution in [0.1, 0.15) is 46.8 Å². The van der Waals surface area contributed by atoms with Gasteiger partial charge in [0.05, 0.1) is 10.5 Å². The summed E-state index contributed by atoms with van der Waals surface area (Å²) >= 11 is 0. The maximum atomic E-state index is 12.7. The van der Waals surface area contributed by atoms with E-state index in [-0.39, 0.29) is 16.4 Å². The highest BCUT2D eigenvalue weighted by atomic mass is 32.2. The molecule has 0 aliphatic heterocycles. The highest BCUT2D eigenvalue weighted by Crippen LogP contribution is 2.27. The molecule has 0 bridgehead atoms. The summed E-state index contributed by atoms with van der Waals surface area (Å²) in [6.07, 6.45) is 0. The van der Waals surface area contributed by atoms with Crippen LogP contribution < -0.4 is 10.0 Å². The highest BCUT2D eigenvalue weighted by Gasteiger charge is 2.19. The molecule has 3 rings (SSSR count). The molecule has 0 aromatic heterocycles. The number of carbonyl (C=O) groups is 2. The lowest BCUT2D eigenvalue weighted by Gasteiger charge is -2.16. The molecule has 7 nitrogen and oxygen atoms in total. The van der Waals surface area contributed by atoms with Gasteiger partial charge in [-0.15, -0.1) is 0 Å². The Hall–Kier alpha value is -3.65. The van der Waals surface area contributed by atoms with Gasteiger partial charge in [0.1, 0.15) is 0 Å². The maximum absolute atomic E-state index is 12.7. The molecule has 8 heteroatoms. The van der Waals surface area contributed by atoms with E-state index in [4.69, 9.17) is 4.74 Å². The van der Waals surface area contributed by atoms with Gasteiger partial charge in [-0.3, -0.25) is 9.52 Å². The van der Waals surface area contributed by atoms with Crippen molar-refractivity contribution in [1.29, 1.82) is 0 Å². The number of para-hydroxylation sites is 1. The van der Waals surface area contributed by atoms with Gasteiger partial charge in [-0.2, -0.15) is 0 Å². The number of amides is 1. The van der Waals surface area contributed by atoms with E-state index in [0.29, 0.717) is 11.4 Å². The summed E-state index contributed by atoms with van der Waals surface area (Å²) in [4.78, 5) is 24.9. The fourth-order valence-corrected chi connectivity index (χ4v) is 4.54. The van der Waals surface area contributed by atoms with Crippen LogP contribution >= 0.6 is 0 Å². The number of aryl methyl sites for hydroxylation is 2. The van der Waals surface area contributed by atoms with Crippen LogP contribution in [0.25, 0.3) is 0 Å². The number of benzene rings is 3. The van der Waals surface area contributed by atoms with Crippen molar-refractivity contribution in [2.24, 2.45) is 0 Å². The average Bonchev–Trinajstić information content (AvgIpc) is 2.78. The van der Waals surface area contributed by atoms with E-state index in [9.17, 15) is 18.0 Å². The van der Waals surface area contributed by atoms with Gasteiger partial charge in [-0.25, -0.2) is 13.2 Å². The number of hydrogen-bond acceptors (Lipinski definition) is 5. The van der Waals surface area contributed by atoms with Gasteiger partial charge >= 0.3 is 5.97 Å². The SMILES string of the molecule is Cc1cccc(NS(=O)(=O)c2cccc(C(=O)OCC(=O)Nc3c(C)cccc3C(C)C)c2)c1. The van der Waals surface area contributed by atoms with Crippen LogP contribution in [0.3, 0.4) is 0 Å². The summed E-state index contributed by atoms with van der Waals surface area (Å²) in [5, 5.41) is 2.81. The quantitative estimate of drug-likeness (QED) is 0.441. The Labute approximate surface area is 200 Å². The monoisotopic (exact) mass is 480 g/mol. The fraction of sp³-hybridized carbons (Fsp3) is 0.231. The molecule has 0 radical (unpaired) electrons. The predicted octanol–water partition coefficient (Wildman–Crippen LogP) is 5.02. The van der Waals surface area contributed by atoms with Gasteiger partial charge in [-0.05, 0) is 66.8 Å². The van der Waals surface area contributed by atoms with Gasteiger partial charge in [0, 0.05) is 11.4 Å². The van der Waals surface area contributed by atoms with Crippen molar-refractivity contribution in [3.05, 3.63) is 89.0 Å². The molecule has 178 valence electrons. The average molecular weight is 481 g/mol. The molecule has 0 fully saturated rings. The van der Waals surface area contributed by atoms with E-state index in [1.165, 1.54) is 24.3 Å². The van der Waals surface area contributed by atoms with Crippen LogP contribution in [0.4, 0.5) is 11.4 Å². The molecule has 0 saturated carbocycles. The summed E-state index contributed by atoms with van der Waals surface area (Å²) < 4.78 is 33.1. The van der Waals surface area contributed by atoms with Crippen LogP contribution in [0.5, 0.6) is 0 Å². The number of carbonyl (C=O) groups excluding carboxylic acids is 2. The zero-order valence-electron chi connectivity index (χ0n) is 19.6. The minimum Gasteiger partial charge on any atom is -0.452 e. The first-order valence-electron chi connectivity index (χ1n) is 10.8. The van der Waals surface area contributed by atoms with Crippen LogP contribution in [0.15, 0.2) is 71.6 Å². The Morgan fingerprint density at radius 2 is 1.65 bits per heavy atom. The van der Waals surface area contributed by atoms with Gasteiger partial charge in [0.15, 0.2) is 6.61 Å². The number of ether oxygens (including phenoxy) is 1. The second-order valence-corrected chi connectivity index (χ2v) is 10.0. The van der Waals surface area contributed by atoms with Crippen molar-refractivity contribution >= 4 is 33.3 Å². The molecular formula is C26H28N2O5S. The normalized spacial score (nSPS) is 11.2. The summed E-state index contributed by atoms with van der Waals surface area (Å²) in [5.74, 6) is -1.07. The molecule has 1 amide bonds. The van der Waals surface area contributed by atoms with Crippen molar-refractivity contribution in [2.45, 2.75) is 38.5 Å². The molecule has 0 spiro atoms. The molecular weight excluding hydrogens is 452 g/mol. The van der Waals surface area contributed by atoms with E-state index in [0.717, 1.165) is 16.7 Å². The molecule has 34 heavy (non-hydrogen) atoms. The van der Waals surface area contributed by atoms with E-state index in [1.807, 2.05) is 52.0 Å². The molecule has 0 saturated heterocycles. The summed E-state index contributed by atoms with van der Waals surface area (Å²) in [7, 11) is -3.91. The lowest BCUT2D eigenvalue weighted by Crippen LogP contribution is -2.22. The molecule has 0 aliphatic rings. The molecule has 0 aliphatic carbocycles. The minimum atomic E-state index is -3.91. The van der Waals surface area contributed by atoms with Gasteiger partial charge in [0.2, 0.25) is 0 Å². The lowest BCUT2D eigenvalue weighted by atomic mass is 9.98. The van der Waals surface area contributed by atoms with Crippen molar-refractivity contribution in [2.75, 3.05) is 16.6 Å². The molecule has 2 N–H and O–H groups in total. The Balaban J connectivity index is 1.67. The zero-order chi connectivity index (χ0) is 24.9. The van der Waals surface area contributed by atoms with Crippen LogP contribution in [0, 0.1) is 13.8 Å². The first-order chi connectivity index (χ1) is 16.1. The first-order valence-corrected chi connectivity index (χ1v) is 12.3. The van der Waals surface area contributed by atoms with Crippen molar-refractivity contribution in [3.63, 3.8) is 0 Å².